The summed E-state index contributed by atoms with van der Waals surface area (Å²) in [5.41, 5.74) is 1.07. The molecule has 0 radical (unpaired) electrons. The number of halogens is 1. The largest absolute Gasteiger partial charge is 0.487 e. The Morgan fingerprint density at radius 2 is 1.81 bits per heavy atom. The van der Waals surface area contributed by atoms with Crippen molar-refractivity contribution in [2.75, 3.05) is 13.7 Å². The van der Waals surface area contributed by atoms with Crippen LogP contribution in [0.3, 0.4) is 0 Å². The Morgan fingerprint density at radius 1 is 1.08 bits per heavy atom. The van der Waals surface area contributed by atoms with E-state index in [9.17, 15) is 14.0 Å². The van der Waals surface area contributed by atoms with Crippen LogP contribution < -0.4 is 15.4 Å². The van der Waals surface area contributed by atoms with Gasteiger partial charge in [-0.2, -0.15) is 0 Å². The van der Waals surface area contributed by atoms with Gasteiger partial charge in [0.15, 0.2) is 11.6 Å². The Hall–Kier alpha value is -2.15. The molecule has 37 heavy (non-hydrogen) atoms. The number of amides is 2. The highest BCUT2D eigenvalue weighted by atomic mass is 19.1. The van der Waals surface area contributed by atoms with Gasteiger partial charge >= 0.3 is 0 Å². The second kappa shape index (κ2) is 10.9. The van der Waals surface area contributed by atoms with E-state index in [2.05, 4.69) is 24.5 Å². The quantitative estimate of drug-likeness (QED) is 0.464. The zero-order valence-corrected chi connectivity index (χ0v) is 22.6. The van der Waals surface area contributed by atoms with Gasteiger partial charge in [-0.3, -0.25) is 9.59 Å². The average Bonchev–Trinajstić information content (AvgIpc) is 3.46. The highest BCUT2D eigenvalue weighted by Crippen LogP contribution is 2.49. The zero-order valence-electron chi connectivity index (χ0n) is 22.6. The second-order valence-electron chi connectivity index (χ2n) is 12.6. The number of hydrogen-bond donors (Lipinski definition) is 2. The number of carbonyl (C=O) groups excluding carboxylic acids is 2. The Balaban J connectivity index is 1.31. The summed E-state index contributed by atoms with van der Waals surface area (Å²) >= 11 is 0. The van der Waals surface area contributed by atoms with Gasteiger partial charge in [0.1, 0.15) is 0 Å². The van der Waals surface area contributed by atoms with Crippen molar-refractivity contribution in [2.24, 2.45) is 29.1 Å². The molecule has 4 fully saturated rings. The minimum atomic E-state index is -0.469. The summed E-state index contributed by atoms with van der Waals surface area (Å²) in [6, 6.07) is 2.70. The van der Waals surface area contributed by atoms with Gasteiger partial charge < -0.3 is 20.1 Å². The maximum absolute atomic E-state index is 15.0. The highest BCUT2D eigenvalue weighted by Gasteiger charge is 2.51. The van der Waals surface area contributed by atoms with E-state index in [0.29, 0.717) is 35.4 Å². The lowest BCUT2D eigenvalue weighted by Crippen LogP contribution is -2.51. The van der Waals surface area contributed by atoms with Gasteiger partial charge in [-0.05, 0) is 98.7 Å². The molecule has 5 rings (SSSR count). The van der Waals surface area contributed by atoms with Crippen LogP contribution in [0.25, 0.3) is 0 Å². The van der Waals surface area contributed by atoms with E-state index >= 15 is 0 Å². The molecule has 4 atom stereocenters. The van der Waals surface area contributed by atoms with Gasteiger partial charge in [-0.15, -0.1) is 0 Å². The normalized spacial score (nSPS) is 32.0. The first-order chi connectivity index (χ1) is 17.8. The molecule has 0 aromatic heterocycles. The first-order valence-corrected chi connectivity index (χ1v) is 14.3. The van der Waals surface area contributed by atoms with Crippen LogP contribution in [0.4, 0.5) is 4.39 Å². The lowest BCUT2D eigenvalue weighted by atomic mass is 9.70. The van der Waals surface area contributed by atoms with Crippen LogP contribution in [-0.4, -0.2) is 37.6 Å². The molecule has 4 aliphatic rings. The number of carbonyl (C=O) groups is 2. The van der Waals surface area contributed by atoms with Crippen molar-refractivity contribution in [3.63, 3.8) is 0 Å². The molecule has 7 heteroatoms. The van der Waals surface area contributed by atoms with Crippen molar-refractivity contribution in [2.45, 2.75) is 96.8 Å². The molecule has 6 nitrogen and oxygen atoms in total. The van der Waals surface area contributed by atoms with Crippen LogP contribution in [0.15, 0.2) is 12.1 Å². The molecule has 0 aliphatic heterocycles. The van der Waals surface area contributed by atoms with Crippen molar-refractivity contribution >= 4 is 11.8 Å². The number of methoxy groups -OCH3 is 1. The molecule has 2 N–H and O–H groups in total. The fourth-order valence-corrected chi connectivity index (χ4v) is 7.18. The van der Waals surface area contributed by atoms with Gasteiger partial charge in [-0.25, -0.2) is 4.39 Å². The third-order valence-electron chi connectivity index (χ3n) is 9.73. The van der Waals surface area contributed by atoms with Crippen molar-refractivity contribution in [1.82, 2.24) is 10.6 Å². The molecule has 4 saturated carbocycles. The summed E-state index contributed by atoms with van der Waals surface area (Å²) in [7, 11) is 1.53. The Morgan fingerprint density at radius 3 is 2.49 bits per heavy atom. The van der Waals surface area contributed by atoms with Gasteiger partial charge in [0.25, 0.3) is 5.91 Å². The molecule has 0 saturated heterocycles. The summed E-state index contributed by atoms with van der Waals surface area (Å²) in [6.45, 7) is 5.29. The summed E-state index contributed by atoms with van der Waals surface area (Å²) in [5.74, 6) is 0.507. The molecule has 0 heterocycles. The van der Waals surface area contributed by atoms with E-state index in [1.165, 1.54) is 25.7 Å². The smallest absolute Gasteiger partial charge is 0.252 e. The van der Waals surface area contributed by atoms with Crippen molar-refractivity contribution in [3.05, 3.63) is 29.1 Å². The summed E-state index contributed by atoms with van der Waals surface area (Å²) in [5, 5.41) is 6.42. The molecular formula is C30H43FN2O4. The summed E-state index contributed by atoms with van der Waals surface area (Å²) in [4.78, 5) is 26.9. The number of rotatable bonds is 9. The van der Waals surface area contributed by atoms with Crippen molar-refractivity contribution < 1.29 is 23.5 Å². The first-order valence-electron chi connectivity index (χ1n) is 14.3. The molecule has 4 aliphatic carbocycles. The van der Waals surface area contributed by atoms with E-state index in [1.54, 1.807) is 0 Å². The lowest BCUT2D eigenvalue weighted by Gasteiger charge is -2.39. The van der Waals surface area contributed by atoms with E-state index in [-0.39, 0.29) is 47.6 Å². The van der Waals surface area contributed by atoms with Crippen LogP contribution >= 0.6 is 0 Å². The Kier molecular flexibility index (Phi) is 7.80. The summed E-state index contributed by atoms with van der Waals surface area (Å²) in [6.07, 6.45) is 10.5. The van der Waals surface area contributed by atoms with Crippen molar-refractivity contribution in [1.29, 1.82) is 0 Å². The molecule has 0 spiro atoms. The van der Waals surface area contributed by atoms with E-state index in [4.69, 9.17) is 9.47 Å². The predicted octanol–water partition coefficient (Wildman–Crippen LogP) is 5.38. The lowest BCUT2D eigenvalue weighted by molar-refractivity contribution is -0.128. The Bertz CT molecular complexity index is 1000. The summed E-state index contributed by atoms with van der Waals surface area (Å²) < 4.78 is 26.3. The number of hydrogen-bond acceptors (Lipinski definition) is 4. The number of ether oxygens (including phenoxy) is 2. The van der Waals surface area contributed by atoms with Crippen LogP contribution in [-0.2, 0) is 16.1 Å². The molecule has 204 valence electrons. The highest BCUT2D eigenvalue weighted by molar-refractivity contribution is 5.97. The van der Waals surface area contributed by atoms with E-state index in [0.717, 1.165) is 57.8 Å². The van der Waals surface area contributed by atoms with Crippen molar-refractivity contribution in [3.8, 4) is 5.75 Å². The number of benzene rings is 1. The van der Waals surface area contributed by atoms with Gasteiger partial charge in [0, 0.05) is 25.3 Å². The third-order valence-corrected chi connectivity index (χ3v) is 9.73. The van der Waals surface area contributed by atoms with E-state index < -0.39 is 5.82 Å². The monoisotopic (exact) mass is 514 g/mol. The minimum absolute atomic E-state index is 0.0361. The first kappa shape index (κ1) is 26.5. The maximum atomic E-state index is 15.0. The average molecular weight is 515 g/mol. The molecule has 1 aromatic rings. The predicted molar refractivity (Wildman–Crippen MR) is 140 cm³/mol. The molecular weight excluding hydrogens is 471 g/mol. The molecule has 2 amide bonds. The van der Waals surface area contributed by atoms with E-state index in [1.807, 2.05) is 0 Å². The Labute approximate surface area is 220 Å². The number of fused-ring (bicyclic) bond motifs is 2. The standard InChI is InChI=1S/C30H43FN2O4/c1-18-5-9-22(10-6-18)37-25-15-23(21(16-36-3)14-24(25)31)28(34)33-27-20-8-7-19(13-20)26(27)29(35)32-17-30(2)11-4-12-30/h14-15,18-20,22,26-27H,4-13,16-17H2,1-3H3,(H,32,35)(H,33,34)/t18?,19-,20+,22?,26+,27-/m1/s1. The molecule has 2 bridgehead atoms. The number of nitrogens with one attached hydrogen (secondary N) is 2. The fourth-order valence-electron chi connectivity index (χ4n) is 7.18. The van der Waals surface area contributed by atoms with Crippen LogP contribution in [0.5, 0.6) is 5.75 Å². The minimum Gasteiger partial charge on any atom is -0.487 e. The van der Waals surface area contributed by atoms with Gasteiger partial charge in [0.2, 0.25) is 5.91 Å². The zero-order chi connectivity index (χ0) is 26.2. The second-order valence-corrected chi connectivity index (χ2v) is 12.6. The topological polar surface area (TPSA) is 76.7 Å². The van der Waals surface area contributed by atoms with Crippen LogP contribution in [0, 0.1) is 34.9 Å². The third kappa shape index (κ3) is 5.67. The van der Waals surface area contributed by atoms with Gasteiger partial charge in [-0.1, -0.05) is 20.3 Å². The molecule has 0 unspecified atom stereocenters. The van der Waals surface area contributed by atoms with Crippen LogP contribution in [0.1, 0.15) is 94.0 Å². The SMILES string of the molecule is COCc1cc(F)c(OC2CCC(C)CC2)cc1C(=O)N[C@@H]1[C@H]2CC[C@H](C2)[C@@H]1C(=O)NCC1(C)CCC1. The van der Waals surface area contributed by atoms with Gasteiger partial charge in [0.05, 0.1) is 18.6 Å². The van der Waals surface area contributed by atoms with Crippen LogP contribution in [0.2, 0.25) is 0 Å². The molecule has 1 aromatic carbocycles. The fraction of sp³-hybridized carbons (Fsp3) is 0.733. The maximum Gasteiger partial charge on any atom is 0.252 e.